The third-order valence-corrected chi connectivity index (χ3v) is 3.90. The Morgan fingerprint density at radius 3 is 2.78 bits per heavy atom. The van der Waals surface area contributed by atoms with Crippen LogP contribution in [0.3, 0.4) is 0 Å². The molecule has 2 aromatic rings. The summed E-state index contributed by atoms with van der Waals surface area (Å²) in [4.78, 5) is 14.4. The van der Waals surface area contributed by atoms with Gasteiger partial charge in [-0.25, -0.2) is 4.39 Å². The standard InChI is InChI=1S/C17H19FN2O3/c18-14-4-1-3-13(11-14)17(21)19-12-15(16-5-2-8-23-16)20-6-9-22-10-7-20/h1-5,8,11,15H,6-7,9-10,12H2,(H,19,21). The second kappa shape index (κ2) is 7.39. The smallest absolute Gasteiger partial charge is 0.251 e. The molecule has 1 aromatic carbocycles. The van der Waals surface area contributed by atoms with Crippen LogP contribution in [0.25, 0.3) is 0 Å². The van der Waals surface area contributed by atoms with Gasteiger partial charge < -0.3 is 14.5 Å². The first-order chi connectivity index (χ1) is 11.2. The summed E-state index contributed by atoms with van der Waals surface area (Å²) in [5, 5.41) is 2.86. The van der Waals surface area contributed by atoms with E-state index in [2.05, 4.69) is 10.2 Å². The van der Waals surface area contributed by atoms with Crippen LogP contribution in [0.4, 0.5) is 4.39 Å². The van der Waals surface area contributed by atoms with Crippen LogP contribution in [-0.2, 0) is 4.74 Å². The number of carbonyl (C=O) groups is 1. The fourth-order valence-electron chi connectivity index (χ4n) is 2.70. The van der Waals surface area contributed by atoms with Gasteiger partial charge in [0.05, 0.1) is 25.5 Å². The molecule has 0 spiro atoms. The Balaban J connectivity index is 1.67. The van der Waals surface area contributed by atoms with E-state index in [-0.39, 0.29) is 11.9 Å². The maximum Gasteiger partial charge on any atom is 0.251 e. The SMILES string of the molecule is O=C(NCC(c1ccco1)N1CCOCC1)c1cccc(F)c1. The second-order valence-corrected chi connectivity index (χ2v) is 5.40. The number of nitrogens with one attached hydrogen (secondary N) is 1. The molecule has 122 valence electrons. The quantitative estimate of drug-likeness (QED) is 0.918. The zero-order valence-corrected chi connectivity index (χ0v) is 12.7. The van der Waals surface area contributed by atoms with Crippen LogP contribution in [0.1, 0.15) is 22.2 Å². The van der Waals surface area contributed by atoms with Crippen LogP contribution in [0.2, 0.25) is 0 Å². The van der Waals surface area contributed by atoms with Crippen molar-refractivity contribution in [3.63, 3.8) is 0 Å². The molecule has 1 aliphatic rings. The Morgan fingerprint density at radius 2 is 2.09 bits per heavy atom. The predicted octanol–water partition coefficient (Wildman–Crippen LogP) is 2.22. The van der Waals surface area contributed by atoms with Crippen molar-refractivity contribution < 1.29 is 18.3 Å². The van der Waals surface area contributed by atoms with Gasteiger partial charge in [-0.1, -0.05) is 6.07 Å². The van der Waals surface area contributed by atoms with Crippen molar-refractivity contribution in [1.82, 2.24) is 10.2 Å². The van der Waals surface area contributed by atoms with Crippen molar-refractivity contribution in [3.05, 3.63) is 59.8 Å². The second-order valence-electron chi connectivity index (χ2n) is 5.40. The molecule has 0 saturated carbocycles. The molecule has 5 nitrogen and oxygen atoms in total. The average Bonchev–Trinajstić information content (AvgIpc) is 3.10. The van der Waals surface area contributed by atoms with Crippen molar-refractivity contribution >= 4 is 5.91 Å². The van der Waals surface area contributed by atoms with Crippen molar-refractivity contribution in [2.45, 2.75) is 6.04 Å². The molecule has 1 N–H and O–H groups in total. The Labute approximate surface area is 134 Å². The number of halogens is 1. The zero-order chi connectivity index (χ0) is 16.1. The van der Waals surface area contributed by atoms with E-state index in [4.69, 9.17) is 9.15 Å². The molecule has 3 rings (SSSR count). The minimum Gasteiger partial charge on any atom is -0.468 e. The van der Waals surface area contributed by atoms with Gasteiger partial charge in [0.15, 0.2) is 0 Å². The van der Waals surface area contributed by atoms with E-state index in [0.717, 1.165) is 18.8 Å². The van der Waals surface area contributed by atoms with Gasteiger partial charge in [0.2, 0.25) is 0 Å². The van der Waals surface area contributed by atoms with Gasteiger partial charge in [0.25, 0.3) is 5.91 Å². The highest BCUT2D eigenvalue weighted by Gasteiger charge is 2.25. The van der Waals surface area contributed by atoms with E-state index < -0.39 is 5.82 Å². The summed E-state index contributed by atoms with van der Waals surface area (Å²) < 4.78 is 24.1. The number of ether oxygens (including phenoxy) is 1. The molecule has 0 radical (unpaired) electrons. The third kappa shape index (κ3) is 3.97. The largest absolute Gasteiger partial charge is 0.468 e. The van der Waals surface area contributed by atoms with Gasteiger partial charge in [-0.3, -0.25) is 9.69 Å². The lowest BCUT2D eigenvalue weighted by Crippen LogP contribution is -2.43. The lowest BCUT2D eigenvalue weighted by Gasteiger charge is -2.33. The molecule has 6 heteroatoms. The summed E-state index contributed by atoms with van der Waals surface area (Å²) in [5.41, 5.74) is 0.310. The minimum atomic E-state index is -0.423. The number of carbonyl (C=O) groups excluding carboxylic acids is 1. The lowest BCUT2D eigenvalue weighted by atomic mass is 10.1. The predicted molar refractivity (Wildman–Crippen MR) is 82.6 cm³/mol. The number of benzene rings is 1. The molecule has 1 fully saturated rings. The van der Waals surface area contributed by atoms with E-state index >= 15 is 0 Å². The number of hydrogen-bond acceptors (Lipinski definition) is 4. The fraction of sp³-hybridized carbons (Fsp3) is 0.353. The van der Waals surface area contributed by atoms with Crippen molar-refractivity contribution in [1.29, 1.82) is 0 Å². The Hall–Kier alpha value is -2.18. The first-order valence-electron chi connectivity index (χ1n) is 7.63. The number of rotatable bonds is 5. The molecule has 23 heavy (non-hydrogen) atoms. The molecule has 1 saturated heterocycles. The van der Waals surface area contributed by atoms with Gasteiger partial charge in [-0.05, 0) is 30.3 Å². The van der Waals surface area contributed by atoms with Crippen LogP contribution >= 0.6 is 0 Å². The van der Waals surface area contributed by atoms with Gasteiger partial charge in [0, 0.05) is 25.2 Å². The summed E-state index contributed by atoms with van der Waals surface area (Å²) in [7, 11) is 0. The zero-order valence-electron chi connectivity index (χ0n) is 12.7. The number of amides is 1. The summed E-state index contributed by atoms with van der Waals surface area (Å²) in [6.07, 6.45) is 1.62. The summed E-state index contributed by atoms with van der Waals surface area (Å²) in [5.74, 6) is 0.0779. The van der Waals surface area contributed by atoms with Crippen LogP contribution in [0.5, 0.6) is 0 Å². The molecular formula is C17H19FN2O3. The van der Waals surface area contributed by atoms with Gasteiger partial charge in [-0.15, -0.1) is 0 Å². The highest BCUT2D eigenvalue weighted by molar-refractivity contribution is 5.94. The number of hydrogen-bond donors (Lipinski definition) is 1. The normalized spacial score (nSPS) is 16.9. The summed E-state index contributed by atoms with van der Waals surface area (Å²) in [6.45, 7) is 3.27. The van der Waals surface area contributed by atoms with Crippen LogP contribution in [0.15, 0.2) is 47.1 Å². The van der Waals surface area contributed by atoms with Crippen LogP contribution < -0.4 is 5.32 Å². The molecule has 2 heterocycles. The van der Waals surface area contributed by atoms with Gasteiger partial charge in [0.1, 0.15) is 11.6 Å². The third-order valence-electron chi connectivity index (χ3n) is 3.90. The molecule has 1 aliphatic heterocycles. The first kappa shape index (κ1) is 15.7. The Kier molecular flexibility index (Phi) is 5.05. The Morgan fingerprint density at radius 1 is 1.26 bits per heavy atom. The number of morpholine rings is 1. The average molecular weight is 318 g/mol. The van der Waals surface area contributed by atoms with Crippen molar-refractivity contribution in [2.75, 3.05) is 32.8 Å². The fourth-order valence-corrected chi connectivity index (χ4v) is 2.70. The van der Waals surface area contributed by atoms with E-state index in [1.807, 2.05) is 12.1 Å². The number of furan rings is 1. The summed E-state index contributed by atoms with van der Waals surface area (Å²) in [6, 6.07) is 9.32. The number of nitrogens with zero attached hydrogens (tertiary/aromatic N) is 1. The molecule has 1 unspecified atom stereocenters. The maximum absolute atomic E-state index is 13.2. The van der Waals surface area contributed by atoms with Crippen molar-refractivity contribution in [2.24, 2.45) is 0 Å². The van der Waals surface area contributed by atoms with Gasteiger partial charge >= 0.3 is 0 Å². The Bertz CT molecular complexity index is 639. The highest BCUT2D eigenvalue weighted by Crippen LogP contribution is 2.21. The van der Waals surface area contributed by atoms with E-state index in [1.165, 1.54) is 18.2 Å². The highest BCUT2D eigenvalue weighted by atomic mass is 19.1. The molecule has 1 amide bonds. The molecule has 0 bridgehead atoms. The van der Waals surface area contributed by atoms with E-state index in [9.17, 15) is 9.18 Å². The van der Waals surface area contributed by atoms with Crippen LogP contribution in [-0.4, -0.2) is 43.7 Å². The molecule has 1 atom stereocenters. The maximum atomic E-state index is 13.2. The first-order valence-corrected chi connectivity index (χ1v) is 7.63. The van der Waals surface area contributed by atoms with Crippen molar-refractivity contribution in [3.8, 4) is 0 Å². The van der Waals surface area contributed by atoms with E-state index in [0.29, 0.717) is 25.3 Å². The van der Waals surface area contributed by atoms with Crippen LogP contribution in [0, 0.1) is 5.82 Å². The van der Waals surface area contributed by atoms with E-state index in [1.54, 1.807) is 12.3 Å². The van der Waals surface area contributed by atoms with Gasteiger partial charge in [-0.2, -0.15) is 0 Å². The lowest BCUT2D eigenvalue weighted by molar-refractivity contribution is 0.0118. The topological polar surface area (TPSA) is 54.7 Å². The monoisotopic (exact) mass is 318 g/mol. The minimum absolute atomic E-state index is 0.0635. The summed E-state index contributed by atoms with van der Waals surface area (Å²) >= 11 is 0. The molecule has 0 aliphatic carbocycles. The molecule has 1 aromatic heterocycles. The molecular weight excluding hydrogens is 299 g/mol.